The summed E-state index contributed by atoms with van der Waals surface area (Å²) in [5.74, 6) is 2.81. The topological polar surface area (TPSA) is 0 Å². The zero-order valence-electron chi connectivity index (χ0n) is 13.1. The summed E-state index contributed by atoms with van der Waals surface area (Å²) in [7, 11) is 0. The molecule has 0 radical (unpaired) electrons. The molecule has 0 aliphatic heterocycles. The zero-order chi connectivity index (χ0) is 13.9. The molecule has 1 atom stereocenters. The van der Waals surface area contributed by atoms with E-state index in [9.17, 15) is 0 Å². The van der Waals surface area contributed by atoms with Crippen molar-refractivity contribution < 1.29 is 0 Å². The van der Waals surface area contributed by atoms with Gasteiger partial charge in [-0.1, -0.05) is 41.5 Å². The summed E-state index contributed by atoms with van der Waals surface area (Å²) in [5, 5.41) is 0. The van der Waals surface area contributed by atoms with E-state index >= 15 is 0 Å². The Morgan fingerprint density at radius 2 is 1.50 bits per heavy atom. The van der Waals surface area contributed by atoms with E-state index in [-0.39, 0.29) is 0 Å². The van der Waals surface area contributed by atoms with Crippen molar-refractivity contribution in [2.45, 2.75) is 64.7 Å². The molecule has 0 heterocycles. The summed E-state index contributed by atoms with van der Waals surface area (Å²) < 4.78 is 0. The van der Waals surface area contributed by atoms with Crippen molar-refractivity contribution in [1.82, 2.24) is 0 Å². The Hall–Kier alpha value is -1.04. The number of hydrogen-bond acceptors (Lipinski definition) is 0. The highest BCUT2D eigenvalue weighted by atomic mass is 14.3. The van der Waals surface area contributed by atoms with Crippen LogP contribution in [0.1, 0.15) is 68.9 Å². The van der Waals surface area contributed by atoms with E-state index in [2.05, 4.69) is 44.2 Å². The van der Waals surface area contributed by atoms with Crippen molar-refractivity contribution in [3.05, 3.63) is 47.0 Å². The van der Waals surface area contributed by atoms with Gasteiger partial charge in [-0.2, -0.15) is 0 Å². The minimum absolute atomic E-state index is 0.827. The van der Waals surface area contributed by atoms with Gasteiger partial charge in [-0.05, 0) is 82.1 Å². The van der Waals surface area contributed by atoms with Crippen LogP contribution in [0.25, 0.3) is 0 Å². The number of rotatable bonds is 2. The summed E-state index contributed by atoms with van der Waals surface area (Å²) in [6, 6.07) is 9.26. The number of benzene rings is 1. The molecule has 1 aromatic carbocycles. The molecule has 1 aromatic rings. The van der Waals surface area contributed by atoms with E-state index in [1.807, 2.05) is 0 Å². The molecule has 0 spiro atoms. The molecule has 0 bridgehead atoms. The zero-order valence-corrected chi connectivity index (χ0v) is 13.1. The van der Waals surface area contributed by atoms with Crippen LogP contribution in [0.4, 0.5) is 0 Å². The largest absolute Gasteiger partial charge is 0.0853 e. The van der Waals surface area contributed by atoms with Crippen LogP contribution in [0.2, 0.25) is 0 Å². The van der Waals surface area contributed by atoms with Gasteiger partial charge in [0, 0.05) is 0 Å². The summed E-state index contributed by atoms with van der Waals surface area (Å²) >= 11 is 0. The van der Waals surface area contributed by atoms with Crippen LogP contribution in [0.5, 0.6) is 0 Å². The van der Waals surface area contributed by atoms with Crippen molar-refractivity contribution in [2.24, 2.45) is 11.8 Å². The second-order valence-corrected chi connectivity index (χ2v) is 7.11. The van der Waals surface area contributed by atoms with Gasteiger partial charge in [0.15, 0.2) is 0 Å². The monoisotopic (exact) mass is 268 g/mol. The molecule has 2 aliphatic rings. The molecule has 20 heavy (non-hydrogen) atoms. The highest BCUT2D eigenvalue weighted by molar-refractivity contribution is 5.24. The SMILES string of the molecule is CC1=CCC(C2CCC(c3ccc(C)cc3)CC2)CC1. The van der Waals surface area contributed by atoms with Gasteiger partial charge in [-0.15, -0.1) is 0 Å². The minimum atomic E-state index is 0.827. The number of hydrogen-bond donors (Lipinski definition) is 0. The van der Waals surface area contributed by atoms with Gasteiger partial charge in [-0.3, -0.25) is 0 Å². The maximum absolute atomic E-state index is 2.50. The molecule has 0 heteroatoms. The van der Waals surface area contributed by atoms with Gasteiger partial charge in [0.1, 0.15) is 0 Å². The Bertz CT molecular complexity index is 457. The third-order valence-corrected chi connectivity index (χ3v) is 5.67. The van der Waals surface area contributed by atoms with Gasteiger partial charge in [0.25, 0.3) is 0 Å². The Morgan fingerprint density at radius 3 is 2.10 bits per heavy atom. The molecule has 0 nitrogen and oxygen atoms in total. The fourth-order valence-corrected chi connectivity index (χ4v) is 4.18. The first-order valence-corrected chi connectivity index (χ1v) is 8.44. The van der Waals surface area contributed by atoms with Crippen molar-refractivity contribution in [3.8, 4) is 0 Å². The third-order valence-electron chi connectivity index (χ3n) is 5.67. The van der Waals surface area contributed by atoms with Gasteiger partial charge in [0.2, 0.25) is 0 Å². The lowest BCUT2D eigenvalue weighted by Crippen LogP contribution is -2.22. The summed E-state index contributed by atoms with van der Waals surface area (Å²) in [5.41, 5.74) is 4.58. The van der Waals surface area contributed by atoms with Crippen LogP contribution in [-0.4, -0.2) is 0 Å². The fraction of sp³-hybridized carbons (Fsp3) is 0.600. The molecule has 0 aromatic heterocycles. The smallest absolute Gasteiger partial charge is 0.0162 e. The van der Waals surface area contributed by atoms with Crippen LogP contribution >= 0.6 is 0 Å². The van der Waals surface area contributed by atoms with Crippen LogP contribution in [-0.2, 0) is 0 Å². The molecule has 2 aliphatic carbocycles. The Kier molecular flexibility index (Phi) is 4.29. The second kappa shape index (κ2) is 6.16. The average Bonchev–Trinajstić information content (AvgIpc) is 2.49. The fourth-order valence-electron chi connectivity index (χ4n) is 4.18. The quantitative estimate of drug-likeness (QED) is 0.576. The molecule has 108 valence electrons. The number of allylic oxidation sites excluding steroid dienone is 2. The van der Waals surface area contributed by atoms with Crippen LogP contribution in [0.3, 0.4) is 0 Å². The lowest BCUT2D eigenvalue weighted by atomic mass is 9.70. The molecule has 1 saturated carbocycles. The normalized spacial score (nSPS) is 30.9. The van der Waals surface area contributed by atoms with E-state index in [1.165, 1.54) is 50.5 Å². The Balaban J connectivity index is 1.55. The van der Waals surface area contributed by atoms with E-state index in [0.29, 0.717) is 0 Å². The minimum Gasteiger partial charge on any atom is -0.0853 e. The van der Waals surface area contributed by atoms with E-state index in [0.717, 1.165) is 17.8 Å². The molecule has 1 unspecified atom stereocenters. The predicted molar refractivity (Wildman–Crippen MR) is 87.0 cm³/mol. The van der Waals surface area contributed by atoms with Crippen molar-refractivity contribution in [2.75, 3.05) is 0 Å². The maximum atomic E-state index is 2.50. The van der Waals surface area contributed by atoms with Gasteiger partial charge in [-0.25, -0.2) is 0 Å². The maximum Gasteiger partial charge on any atom is -0.0162 e. The third kappa shape index (κ3) is 3.16. The Morgan fingerprint density at radius 1 is 0.800 bits per heavy atom. The summed E-state index contributed by atoms with van der Waals surface area (Å²) in [6.45, 7) is 4.48. The standard InChI is InChI=1S/C20H28/c1-15-3-7-17(8-4-15)19-11-13-20(14-12-19)18-9-5-16(2)6-10-18/h3-5,7-8,18-20H,6,9-14H2,1-2H3. The van der Waals surface area contributed by atoms with Crippen LogP contribution in [0, 0.1) is 18.8 Å². The molecule has 0 amide bonds. The van der Waals surface area contributed by atoms with E-state index in [4.69, 9.17) is 0 Å². The first-order chi connectivity index (χ1) is 9.72. The average molecular weight is 268 g/mol. The van der Waals surface area contributed by atoms with E-state index in [1.54, 1.807) is 11.1 Å². The molecular weight excluding hydrogens is 240 g/mol. The van der Waals surface area contributed by atoms with Gasteiger partial charge < -0.3 is 0 Å². The lowest BCUT2D eigenvalue weighted by molar-refractivity contribution is 0.217. The van der Waals surface area contributed by atoms with Gasteiger partial charge in [0.05, 0.1) is 0 Å². The highest BCUT2D eigenvalue weighted by Gasteiger charge is 2.28. The van der Waals surface area contributed by atoms with Crippen molar-refractivity contribution in [1.29, 1.82) is 0 Å². The predicted octanol–water partition coefficient (Wildman–Crippen LogP) is 6.02. The van der Waals surface area contributed by atoms with Gasteiger partial charge >= 0.3 is 0 Å². The number of aryl methyl sites for hydroxylation is 1. The first-order valence-electron chi connectivity index (χ1n) is 8.44. The summed E-state index contributed by atoms with van der Waals surface area (Å²) in [4.78, 5) is 0. The molecule has 0 saturated heterocycles. The molecule has 3 rings (SSSR count). The van der Waals surface area contributed by atoms with Crippen molar-refractivity contribution in [3.63, 3.8) is 0 Å². The lowest BCUT2D eigenvalue weighted by Gasteiger charge is -2.35. The Labute approximate surface area is 124 Å². The second-order valence-electron chi connectivity index (χ2n) is 7.11. The molecular formula is C20H28. The molecule has 0 N–H and O–H groups in total. The highest BCUT2D eigenvalue weighted by Crippen LogP contribution is 2.42. The van der Waals surface area contributed by atoms with Crippen LogP contribution in [0.15, 0.2) is 35.9 Å². The van der Waals surface area contributed by atoms with E-state index < -0.39 is 0 Å². The van der Waals surface area contributed by atoms with Crippen molar-refractivity contribution >= 4 is 0 Å². The first kappa shape index (κ1) is 13.9. The summed E-state index contributed by atoms with van der Waals surface area (Å²) in [6.07, 6.45) is 12.4. The molecule has 1 fully saturated rings. The van der Waals surface area contributed by atoms with Crippen LogP contribution < -0.4 is 0 Å².